The Morgan fingerprint density at radius 2 is 2.07 bits per heavy atom. The van der Waals surface area contributed by atoms with E-state index in [1.165, 1.54) is 11.3 Å². The quantitative estimate of drug-likeness (QED) is 0.715. The van der Waals surface area contributed by atoms with Gasteiger partial charge < -0.3 is 0 Å². The molecule has 0 aliphatic rings. The first kappa shape index (κ1) is 11.2. The Bertz CT molecular complexity index is 481. The van der Waals surface area contributed by atoms with Gasteiger partial charge in [0.2, 0.25) is 0 Å². The van der Waals surface area contributed by atoms with Crippen LogP contribution in [0.1, 0.15) is 5.01 Å². The van der Waals surface area contributed by atoms with Crippen LogP contribution in [0.3, 0.4) is 0 Å². The third-order valence-electron chi connectivity index (χ3n) is 1.87. The van der Waals surface area contributed by atoms with E-state index in [4.69, 9.17) is 34.8 Å². The molecule has 2 aromatic rings. The molecule has 1 heterocycles. The van der Waals surface area contributed by atoms with E-state index in [0.717, 1.165) is 16.3 Å². The molecule has 15 heavy (non-hydrogen) atoms. The molecule has 1 aromatic carbocycles. The van der Waals surface area contributed by atoms with Crippen LogP contribution in [-0.2, 0) is 5.88 Å². The standard InChI is InChI=1S/C10H6Cl3NS/c11-4-10-14-9(5-15-10)7-2-1-6(12)3-8(7)13/h1-3,5H,4H2. The number of aromatic nitrogens is 1. The lowest BCUT2D eigenvalue weighted by Crippen LogP contribution is -1.81. The summed E-state index contributed by atoms with van der Waals surface area (Å²) >= 11 is 19.1. The van der Waals surface area contributed by atoms with Crippen LogP contribution in [0.2, 0.25) is 10.0 Å². The molecule has 0 N–H and O–H groups in total. The first-order chi connectivity index (χ1) is 7.20. The SMILES string of the molecule is ClCc1nc(-c2ccc(Cl)cc2Cl)cs1. The maximum atomic E-state index is 6.06. The van der Waals surface area contributed by atoms with E-state index < -0.39 is 0 Å². The van der Waals surface area contributed by atoms with Crippen molar-refractivity contribution >= 4 is 46.1 Å². The van der Waals surface area contributed by atoms with Gasteiger partial charge >= 0.3 is 0 Å². The summed E-state index contributed by atoms with van der Waals surface area (Å²) in [4.78, 5) is 4.35. The van der Waals surface area contributed by atoms with Crippen molar-refractivity contribution in [2.24, 2.45) is 0 Å². The fourth-order valence-corrected chi connectivity index (χ4v) is 2.59. The minimum Gasteiger partial charge on any atom is -0.240 e. The van der Waals surface area contributed by atoms with Crippen LogP contribution in [0.4, 0.5) is 0 Å². The zero-order valence-corrected chi connectivity index (χ0v) is 10.6. The van der Waals surface area contributed by atoms with Gasteiger partial charge in [-0.1, -0.05) is 23.2 Å². The maximum Gasteiger partial charge on any atom is 0.108 e. The zero-order chi connectivity index (χ0) is 10.8. The monoisotopic (exact) mass is 277 g/mol. The van der Waals surface area contributed by atoms with Crippen molar-refractivity contribution in [1.29, 1.82) is 0 Å². The molecule has 0 aliphatic carbocycles. The van der Waals surface area contributed by atoms with Gasteiger partial charge in [0.05, 0.1) is 16.6 Å². The molecule has 0 bridgehead atoms. The Morgan fingerprint density at radius 1 is 1.27 bits per heavy atom. The molecular weight excluding hydrogens is 273 g/mol. The number of rotatable bonds is 2. The van der Waals surface area contributed by atoms with Gasteiger partial charge in [-0.2, -0.15) is 0 Å². The Kier molecular flexibility index (Phi) is 3.52. The van der Waals surface area contributed by atoms with Gasteiger partial charge in [0.1, 0.15) is 5.01 Å². The van der Waals surface area contributed by atoms with Crippen molar-refractivity contribution in [2.75, 3.05) is 0 Å². The number of thiazole rings is 1. The first-order valence-electron chi connectivity index (χ1n) is 4.16. The van der Waals surface area contributed by atoms with Gasteiger partial charge in [-0.15, -0.1) is 22.9 Å². The fourth-order valence-electron chi connectivity index (χ4n) is 1.19. The number of nitrogens with zero attached hydrogens (tertiary/aromatic N) is 1. The third-order valence-corrected chi connectivity index (χ3v) is 3.68. The second-order valence-electron chi connectivity index (χ2n) is 2.88. The van der Waals surface area contributed by atoms with Crippen LogP contribution in [0, 0.1) is 0 Å². The average Bonchev–Trinajstić information content (AvgIpc) is 2.66. The molecule has 1 aromatic heterocycles. The van der Waals surface area contributed by atoms with E-state index in [9.17, 15) is 0 Å². The normalized spacial score (nSPS) is 10.6. The van der Waals surface area contributed by atoms with Crippen LogP contribution in [0.5, 0.6) is 0 Å². The molecule has 1 nitrogen and oxygen atoms in total. The largest absolute Gasteiger partial charge is 0.240 e. The van der Waals surface area contributed by atoms with Crippen molar-refractivity contribution < 1.29 is 0 Å². The average molecular weight is 279 g/mol. The summed E-state index contributed by atoms with van der Waals surface area (Å²) < 4.78 is 0. The molecule has 0 saturated heterocycles. The molecule has 0 saturated carbocycles. The van der Waals surface area contributed by atoms with E-state index in [1.54, 1.807) is 12.1 Å². The highest BCUT2D eigenvalue weighted by atomic mass is 35.5. The van der Waals surface area contributed by atoms with Crippen LogP contribution in [0.15, 0.2) is 23.6 Å². The molecule has 2 rings (SSSR count). The minimum absolute atomic E-state index is 0.426. The number of halogens is 3. The molecule has 0 amide bonds. The van der Waals surface area contributed by atoms with E-state index in [0.29, 0.717) is 15.9 Å². The second-order valence-corrected chi connectivity index (χ2v) is 4.94. The maximum absolute atomic E-state index is 6.06. The molecule has 0 radical (unpaired) electrons. The molecule has 78 valence electrons. The van der Waals surface area contributed by atoms with Gasteiger partial charge in [-0.05, 0) is 18.2 Å². The number of hydrogen-bond donors (Lipinski definition) is 0. The topological polar surface area (TPSA) is 12.9 Å². The number of benzene rings is 1. The number of alkyl halides is 1. The Labute approximate surface area is 107 Å². The molecule has 5 heteroatoms. The third kappa shape index (κ3) is 2.45. The summed E-state index contributed by atoms with van der Waals surface area (Å²) in [6, 6.07) is 5.36. The van der Waals surface area contributed by atoms with Crippen molar-refractivity contribution in [2.45, 2.75) is 5.88 Å². The molecular formula is C10H6Cl3NS. The molecule has 0 aliphatic heterocycles. The molecule has 0 unspecified atom stereocenters. The zero-order valence-electron chi connectivity index (χ0n) is 7.51. The smallest absolute Gasteiger partial charge is 0.108 e. The Hall–Kier alpha value is -0.280. The first-order valence-corrected chi connectivity index (χ1v) is 6.33. The van der Waals surface area contributed by atoms with Gasteiger partial charge in [0.25, 0.3) is 0 Å². The summed E-state index contributed by atoms with van der Waals surface area (Å²) in [5, 5.41) is 4.05. The molecule has 0 fully saturated rings. The lowest BCUT2D eigenvalue weighted by Gasteiger charge is -2.00. The van der Waals surface area contributed by atoms with E-state index in [2.05, 4.69) is 4.98 Å². The highest BCUT2D eigenvalue weighted by Crippen LogP contribution is 2.31. The second kappa shape index (κ2) is 4.71. The minimum atomic E-state index is 0.426. The lowest BCUT2D eigenvalue weighted by atomic mass is 10.2. The van der Waals surface area contributed by atoms with Crippen LogP contribution in [-0.4, -0.2) is 4.98 Å². The highest BCUT2D eigenvalue weighted by molar-refractivity contribution is 7.10. The van der Waals surface area contributed by atoms with E-state index in [-0.39, 0.29) is 0 Å². The fraction of sp³-hybridized carbons (Fsp3) is 0.100. The summed E-state index contributed by atoms with van der Waals surface area (Å²) in [5.41, 5.74) is 1.73. The summed E-state index contributed by atoms with van der Waals surface area (Å²) in [6.45, 7) is 0. The van der Waals surface area contributed by atoms with Crippen molar-refractivity contribution in [3.8, 4) is 11.3 Å². The van der Waals surface area contributed by atoms with Crippen molar-refractivity contribution in [3.05, 3.63) is 38.6 Å². The molecule has 0 atom stereocenters. The van der Waals surface area contributed by atoms with E-state index in [1.807, 2.05) is 11.4 Å². The lowest BCUT2D eigenvalue weighted by molar-refractivity contribution is 1.26. The van der Waals surface area contributed by atoms with Crippen molar-refractivity contribution in [3.63, 3.8) is 0 Å². The molecule has 0 spiro atoms. The van der Waals surface area contributed by atoms with Gasteiger partial charge in [-0.25, -0.2) is 4.98 Å². The van der Waals surface area contributed by atoms with Crippen molar-refractivity contribution in [1.82, 2.24) is 4.98 Å². The predicted molar refractivity (Wildman–Crippen MR) is 67.1 cm³/mol. The summed E-state index contributed by atoms with van der Waals surface area (Å²) in [7, 11) is 0. The van der Waals surface area contributed by atoms with Crippen LogP contribution < -0.4 is 0 Å². The van der Waals surface area contributed by atoms with Gasteiger partial charge in [-0.3, -0.25) is 0 Å². The van der Waals surface area contributed by atoms with Crippen LogP contribution >= 0.6 is 46.1 Å². The Balaban J connectivity index is 2.44. The van der Waals surface area contributed by atoms with Crippen LogP contribution in [0.25, 0.3) is 11.3 Å². The van der Waals surface area contributed by atoms with Gasteiger partial charge in [0.15, 0.2) is 0 Å². The summed E-state index contributed by atoms with van der Waals surface area (Å²) in [6.07, 6.45) is 0. The summed E-state index contributed by atoms with van der Waals surface area (Å²) in [5.74, 6) is 0.426. The van der Waals surface area contributed by atoms with Gasteiger partial charge in [0, 0.05) is 16.0 Å². The highest BCUT2D eigenvalue weighted by Gasteiger charge is 2.08. The Morgan fingerprint density at radius 3 is 2.67 bits per heavy atom. The van der Waals surface area contributed by atoms with E-state index >= 15 is 0 Å². The number of hydrogen-bond acceptors (Lipinski definition) is 2. The predicted octanol–water partition coefficient (Wildman–Crippen LogP) is 4.86.